The summed E-state index contributed by atoms with van der Waals surface area (Å²) in [4.78, 5) is 36.9. The Morgan fingerprint density at radius 3 is 2.97 bits per heavy atom. The number of nitrogen functional groups attached to an aromatic ring is 1. The quantitative estimate of drug-likeness (QED) is 0.634. The molecule has 1 atom stereocenters. The van der Waals surface area contributed by atoms with Crippen molar-refractivity contribution in [2.75, 3.05) is 24.1 Å². The second-order valence-electron chi connectivity index (χ2n) is 7.36. The van der Waals surface area contributed by atoms with Crippen molar-refractivity contribution in [1.82, 2.24) is 20.1 Å². The fourth-order valence-corrected chi connectivity index (χ4v) is 3.55. The van der Waals surface area contributed by atoms with E-state index in [1.165, 1.54) is 6.20 Å². The maximum absolute atomic E-state index is 13.0. The molecule has 1 fully saturated rings. The fraction of sp³-hybridized carbons (Fsp3) is 0.400. The first-order valence-electron chi connectivity index (χ1n) is 9.62. The molecule has 2 aliphatic rings. The van der Waals surface area contributed by atoms with Crippen molar-refractivity contribution in [3.8, 4) is 0 Å². The second-order valence-corrected chi connectivity index (χ2v) is 7.36. The van der Waals surface area contributed by atoms with Crippen molar-refractivity contribution in [2.24, 2.45) is 4.99 Å². The normalized spacial score (nSPS) is 18.5. The lowest BCUT2D eigenvalue weighted by Gasteiger charge is -2.35. The topological polar surface area (TPSA) is 116 Å². The number of carbonyl (C=O) groups is 2. The molecule has 0 aromatic carbocycles. The van der Waals surface area contributed by atoms with Gasteiger partial charge in [0.1, 0.15) is 5.82 Å². The van der Waals surface area contributed by atoms with Crippen LogP contribution in [-0.2, 0) is 4.79 Å². The maximum Gasteiger partial charge on any atom is 0.329 e. The molecule has 3 rings (SSSR count). The van der Waals surface area contributed by atoms with Crippen LogP contribution in [0.15, 0.2) is 47.0 Å². The number of carbonyl (C=O) groups excluding carboxylic acids is 2. The molecule has 1 aromatic heterocycles. The molecule has 1 saturated heterocycles. The minimum atomic E-state index is -0.333. The highest BCUT2D eigenvalue weighted by atomic mass is 16.2. The number of aliphatic imine (C=N–C) groups is 1. The van der Waals surface area contributed by atoms with Crippen LogP contribution in [0.1, 0.15) is 26.7 Å². The van der Waals surface area contributed by atoms with Crippen molar-refractivity contribution in [3.63, 3.8) is 0 Å². The molecule has 1 aromatic rings. The van der Waals surface area contributed by atoms with Gasteiger partial charge in [0.25, 0.3) is 0 Å². The van der Waals surface area contributed by atoms with Crippen LogP contribution >= 0.6 is 0 Å². The Labute approximate surface area is 170 Å². The number of aromatic nitrogens is 1. The lowest BCUT2D eigenvalue weighted by Crippen LogP contribution is -2.47. The Kier molecular flexibility index (Phi) is 6.16. The van der Waals surface area contributed by atoms with Gasteiger partial charge in [-0.1, -0.05) is 6.08 Å². The third-order valence-corrected chi connectivity index (χ3v) is 4.74. The van der Waals surface area contributed by atoms with Gasteiger partial charge >= 0.3 is 6.03 Å². The number of anilines is 2. The van der Waals surface area contributed by atoms with E-state index in [0.717, 1.165) is 18.7 Å². The van der Waals surface area contributed by atoms with Crippen LogP contribution in [0.5, 0.6) is 0 Å². The minimum absolute atomic E-state index is 0.00190. The van der Waals surface area contributed by atoms with Crippen LogP contribution < -0.4 is 16.4 Å². The monoisotopic (exact) mass is 397 g/mol. The summed E-state index contributed by atoms with van der Waals surface area (Å²) in [6.45, 7) is 9.01. The zero-order valence-corrected chi connectivity index (χ0v) is 16.8. The largest absolute Gasteiger partial charge is 0.399 e. The van der Waals surface area contributed by atoms with Crippen LogP contribution in [0.2, 0.25) is 0 Å². The van der Waals surface area contributed by atoms with E-state index in [-0.39, 0.29) is 30.4 Å². The van der Waals surface area contributed by atoms with Crippen LogP contribution in [0.25, 0.3) is 0 Å². The number of rotatable bonds is 6. The summed E-state index contributed by atoms with van der Waals surface area (Å²) in [5, 5.41) is 5.63. The van der Waals surface area contributed by atoms with Gasteiger partial charge < -0.3 is 16.0 Å². The Hall–Kier alpha value is -3.36. The standard InChI is InChI=1S/C20H27N7O2/c1-13(2)24-18(28)6-4-5-16-19(22-3)27(15-8-10-26(16)12-15)20(29)25-17-11-14(21)7-9-23-17/h4-5,7,9,11,13,15H,3,6,8,10,12H2,1-2H3,(H,24,28)(H3,21,23,25,29)/b5-4-/t15-/m0/s1. The average Bonchev–Trinajstić information content (AvgIpc) is 3.07. The SMILES string of the molecule is C=NC1=C(/C=C\CC(=O)NC(C)C)N2CC[C@@H](C2)N1C(=O)Nc1cc(N)ccn1. The zero-order chi connectivity index (χ0) is 21.0. The molecular weight excluding hydrogens is 370 g/mol. The summed E-state index contributed by atoms with van der Waals surface area (Å²) in [6, 6.07) is 3.01. The summed E-state index contributed by atoms with van der Waals surface area (Å²) in [7, 11) is 0. The highest BCUT2D eigenvalue weighted by Gasteiger charge is 2.40. The number of hydrogen-bond donors (Lipinski definition) is 3. The first-order valence-corrected chi connectivity index (χ1v) is 9.62. The van der Waals surface area contributed by atoms with Gasteiger partial charge in [-0.3, -0.25) is 15.0 Å². The molecule has 3 heterocycles. The molecule has 9 nitrogen and oxygen atoms in total. The maximum atomic E-state index is 13.0. The van der Waals surface area contributed by atoms with Crippen LogP contribution in [0.4, 0.5) is 16.3 Å². The van der Waals surface area contributed by atoms with E-state index in [1.807, 2.05) is 19.9 Å². The highest BCUT2D eigenvalue weighted by Crippen LogP contribution is 2.33. The predicted octanol–water partition coefficient (Wildman–Crippen LogP) is 1.93. The summed E-state index contributed by atoms with van der Waals surface area (Å²) in [5.74, 6) is 0.796. The van der Waals surface area contributed by atoms with Crippen LogP contribution in [0.3, 0.4) is 0 Å². The van der Waals surface area contributed by atoms with E-state index in [0.29, 0.717) is 23.9 Å². The third kappa shape index (κ3) is 4.74. The molecule has 0 saturated carbocycles. The van der Waals surface area contributed by atoms with Crippen molar-refractivity contribution >= 4 is 30.2 Å². The number of hydrogen-bond acceptors (Lipinski definition) is 6. The van der Waals surface area contributed by atoms with Crippen molar-refractivity contribution in [1.29, 1.82) is 0 Å². The lowest BCUT2D eigenvalue weighted by atomic mass is 10.2. The first-order chi connectivity index (χ1) is 13.9. The summed E-state index contributed by atoms with van der Waals surface area (Å²) in [5.41, 5.74) is 7.06. The number of nitrogens with two attached hydrogens (primary N) is 1. The molecular formula is C20H27N7O2. The van der Waals surface area contributed by atoms with E-state index >= 15 is 0 Å². The van der Waals surface area contributed by atoms with E-state index in [1.54, 1.807) is 23.1 Å². The first kappa shape index (κ1) is 20.4. The van der Waals surface area contributed by atoms with Crippen molar-refractivity contribution in [3.05, 3.63) is 42.0 Å². The van der Waals surface area contributed by atoms with Gasteiger partial charge in [-0.05, 0) is 39.1 Å². The number of fused-ring (bicyclic) bond motifs is 2. The number of nitrogens with one attached hydrogen (secondary N) is 2. The predicted molar refractivity (Wildman–Crippen MR) is 113 cm³/mol. The van der Waals surface area contributed by atoms with Crippen LogP contribution in [-0.4, -0.2) is 58.6 Å². The molecule has 0 unspecified atom stereocenters. The number of allylic oxidation sites excluding steroid dienone is 1. The second kappa shape index (κ2) is 8.76. The molecule has 9 heteroatoms. The van der Waals surface area contributed by atoms with Gasteiger partial charge in [0.2, 0.25) is 5.91 Å². The molecule has 0 spiro atoms. The number of urea groups is 1. The lowest BCUT2D eigenvalue weighted by molar-refractivity contribution is -0.120. The summed E-state index contributed by atoms with van der Waals surface area (Å²) in [6.07, 6.45) is 6.24. The molecule has 2 aliphatic heterocycles. The van der Waals surface area contributed by atoms with Crippen molar-refractivity contribution < 1.29 is 9.59 Å². The highest BCUT2D eigenvalue weighted by molar-refractivity contribution is 5.90. The Morgan fingerprint density at radius 1 is 1.48 bits per heavy atom. The molecule has 0 radical (unpaired) electrons. The average molecular weight is 397 g/mol. The summed E-state index contributed by atoms with van der Waals surface area (Å²) >= 11 is 0. The van der Waals surface area contributed by atoms with E-state index in [4.69, 9.17) is 5.73 Å². The van der Waals surface area contributed by atoms with Crippen molar-refractivity contribution in [2.45, 2.75) is 38.8 Å². The van der Waals surface area contributed by atoms with Gasteiger partial charge in [0, 0.05) is 43.5 Å². The minimum Gasteiger partial charge on any atom is -0.399 e. The van der Waals surface area contributed by atoms with E-state index < -0.39 is 0 Å². The molecule has 154 valence electrons. The Bertz CT molecular complexity index is 862. The molecule has 3 amide bonds. The molecule has 29 heavy (non-hydrogen) atoms. The molecule has 2 bridgehead atoms. The Balaban J connectivity index is 1.81. The zero-order valence-electron chi connectivity index (χ0n) is 16.8. The molecule has 0 aliphatic carbocycles. The third-order valence-electron chi connectivity index (χ3n) is 4.74. The smallest absolute Gasteiger partial charge is 0.329 e. The number of amides is 3. The van der Waals surface area contributed by atoms with E-state index in [2.05, 4.69) is 32.2 Å². The van der Waals surface area contributed by atoms with Crippen LogP contribution in [0, 0.1) is 0 Å². The Morgan fingerprint density at radius 2 is 2.28 bits per heavy atom. The number of nitrogens with zero attached hydrogens (tertiary/aromatic N) is 4. The molecule has 4 N–H and O–H groups in total. The van der Waals surface area contributed by atoms with Gasteiger partial charge in [-0.15, -0.1) is 0 Å². The summed E-state index contributed by atoms with van der Waals surface area (Å²) < 4.78 is 0. The van der Waals surface area contributed by atoms with Gasteiger partial charge in [-0.2, -0.15) is 0 Å². The van der Waals surface area contributed by atoms with Gasteiger partial charge in [-0.25, -0.2) is 14.8 Å². The van der Waals surface area contributed by atoms with Gasteiger partial charge in [0.05, 0.1) is 11.7 Å². The van der Waals surface area contributed by atoms with E-state index in [9.17, 15) is 9.59 Å². The number of pyridine rings is 1. The fourth-order valence-electron chi connectivity index (χ4n) is 3.55. The van der Waals surface area contributed by atoms with Gasteiger partial charge in [0.15, 0.2) is 5.82 Å².